The van der Waals surface area contributed by atoms with E-state index >= 15 is 0 Å². The van der Waals surface area contributed by atoms with E-state index in [-0.39, 0.29) is 24.9 Å². The lowest BCUT2D eigenvalue weighted by molar-refractivity contribution is -0.151. The van der Waals surface area contributed by atoms with Gasteiger partial charge in [-0.15, -0.1) is 0 Å². The number of nitrogens with one attached hydrogen (secondary N) is 1. The zero-order valence-electron chi connectivity index (χ0n) is 36.8. The molecule has 6 nitrogen and oxygen atoms in total. The Labute approximate surface area is 341 Å². The Balaban J connectivity index is 4.62. The van der Waals surface area contributed by atoms with Gasteiger partial charge in [0.25, 0.3) is 0 Å². The molecule has 0 saturated carbocycles. The molecule has 0 bridgehead atoms. The number of esters is 1. The Morgan fingerprint density at radius 2 is 0.891 bits per heavy atom. The minimum atomic E-state index is -0.791. The predicted octanol–water partition coefficient (Wildman–Crippen LogP) is 14.0. The van der Waals surface area contributed by atoms with E-state index in [9.17, 15) is 19.8 Å². The molecule has 324 valence electrons. The molecule has 3 atom stereocenters. The maximum Gasteiger partial charge on any atom is 0.306 e. The smallest absolute Gasteiger partial charge is 0.306 e. The third-order valence-corrected chi connectivity index (χ3v) is 11.0. The Kier molecular flexibility index (Phi) is 42.2. The second kappa shape index (κ2) is 43.5. The summed E-state index contributed by atoms with van der Waals surface area (Å²) in [6, 6.07) is -0.707. The summed E-state index contributed by atoms with van der Waals surface area (Å²) in [5.74, 6) is -0.516. The quantitative estimate of drug-likeness (QED) is 0.0326. The van der Waals surface area contributed by atoms with Crippen LogP contribution in [0.3, 0.4) is 0 Å². The molecular formula is C49H93NO5. The summed E-state index contributed by atoms with van der Waals surface area (Å²) >= 11 is 0. The fourth-order valence-electron chi connectivity index (χ4n) is 7.31. The molecule has 0 rings (SSSR count). The van der Waals surface area contributed by atoms with Crippen LogP contribution in [0, 0.1) is 0 Å². The van der Waals surface area contributed by atoms with Gasteiger partial charge in [-0.1, -0.05) is 193 Å². The second-order valence-electron chi connectivity index (χ2n) is 16.5. The highest BCUT2D eigenvalue weighted by Crippen LogP contribution is 2.17. The van der Waals surface area contributed by atoms with E-state index in [2.05, 4.69) is 50.4 Å². The van der Waals surface area contributed by atoms with E-state index < -0.39 is 18.2 Å². The first-order valence-electron chi connectivity index (χ1n) is 24.1. The molecule has 0 spiro atoms. The fraction of sp³-hybridized carbons (Fsp3) is 0.878. The summed E-state index contributed by atoms with van der Waals surface area (Å²) in [6.07, 6.45) is 48.1. The Morgan fingerprint density at radius 1 is 0.509 bits per heavy atom. The highest BCUT2D eigenvalue weighted by molar-refractivity contribution is 5.77. The molecule has 0 saturated heterocycles. The molecule has 55 heavy (non-hydrogen) atoms. The van der Waals surface area contributed by atoms with E-state index in [1.165, 1.54) is 141 Å². The largest absolute Gasteiger partial charge is 0.462 e. The number of allylic oxidation sites excluding steroid dienone is 4. The van der Waals surface area contributed by atoms with Gasteiger partial charge < -0.3 is 20.3 Å². The van der Waals surface area contributed by atoms with Gasteiger partial charge >= 0.3 is 5.97 Å². The Bertz CT molecular complexity index is 873. The summed E-state index contributed by atoms with van der Waals surface area (Å²) in [7, 11) is 0. The lowest BCUT2D eigenvalue weighted by Crippen LogP contribution is -2.46. The number of hydrogen-bond donors (Lipinski definition) is 3. The zero-order valence-corrected chi connectivity index (χ0v) is 36.8. The molecule has 3 unspecified atom stereocenters. The first kappa shape index (κ1) is 53.3. The first-order chi connectivity index (χ1) is 27.0. The number of amides is 1. The van der Waals surface area contributed by atoms with Crippen molar-refractivity contribution in [2.75, 3.05) is 6.61 Å². The van der Waals surface area contributed by atoms with Crippen LogP contribution in [0.2, 0.25) is 0 Å². The minimum Gasteiger partial charge on any atom is -0.462 e. The molecule has 0 radical (unpaired) electrons. The molecule has 0 heterocycles. The number of aliphatic hydroxyl groups excluding tert-OH is 2. The minimum absolute atomic E-state index is 0.0541. The van der Waals surface area contributed by atoms with Crippen molar-refractivity contribution in [3.63, 3.8) is 0 Å². The van der Waals surface area contributed by atoms with Gasteiger partial charge in [0.15, 0.2) is 0 Å². The molecule has 0 aliphatic rings. The molecule has 1 amide bonds. The molecule has 0 aliphatic carbocycles. The Hall–Kier alpha value is -1.66. The van der Waals surface area contributed by atoms with Gasteiger partial charge in [0.2, 0.25) is 5.91 Å². The first-order valence-corrected chi connectivity index (χ1v) is 24.1. The molecule has 0 fully saturated rings. The molecule has 6 heteroatoms. The zero-order chi connectivity index (χ0) is 40.3. The third-order valence-electron chi connectivity index (χ3n) is 11.0. The standard InChI is InChI=1S/C49H93NO5/c1-4-7-10-13-16-19-22-24-25-27-30-33-36-39-42-49(54)55-45(40-37-34-31-28-26-23-20-17-14-11-8-5-2)43-48(53)50-46(44-51)47(52)41-38-35-32-29-21-18-15-12-9-6-3/h25,27-28,31,45-47,51-52H,4-24,26,29-30,32-44H2,1-3H3,(H,50,53)/b27-25-,31-28-. The Morgan fingerprint density at radius 3 is 1.33 bits per heavy atom. The van der Waals surface area contributed by atoms with E-state index in [1.807, 2.05) is 0 Å². The van der Waals surface area contributed by atoms with Crippen LogP contribution in [0.15, 0.2) is 24.3 Å². The molecule has 0 aromatic carbocycles. The van der Waals surface area contributed by atoms with Crippen LogP contribution in [0.4, 0.5) is 0 Å². The van der Waals surface area contributed by atoms with Crippen molar-refractivity contribution in [2.45, 2.75) is 270 Å². The number of ether oxygens (including phenoxy) is 1. The van der Waals surface area contributed by atoms with E-state index in [0.29, 0.717) is 19.3 Å². The predicted molar refractivity (Wildman–Crippen MR) is 236 cm³/mol. The van der Waals surface area contributed by atoms with Gasteiger partial charge in [-0.3, -0.25) is 9.59 Å². The summed E-state index contributed by atoms with van der Waals surface area (Å²) in [6.45, 7) is 6.45. The molecule has 0 aliphatic heterocycles. The SMILES string of the molecule is CCCCCCCCC/C=C\CCCCCC(=O)OC(CCC/C=C\CCCCCCCCC)CC(=O)NC(CO)C(O)CCCCCCCCCCCC. The topological polar surface area (TPSA) is 95.9 Å². The number of hydrogen-bond acceptors (Lipinski definition) is 5. The van der Waals surface area contributed by atoms with Crippen molar-refractivity contribution in [3.05, 3.63) is 24.3 Å². The van der Waals surface area contributed by atoms with Gasteiger partial charge in [-0.2, -0.15) is 0 Å². The monoisotopic (exact) mass is 776 g/mol. The van der Waals surface area contributed by atoms with Crippen molar-refractivity contribution in [3.8, 4) is 0 Å². The summed E-state index contributed by atoms with van der Waals surface area (Å²) in [5, 5.41) is 23.6. The number of aliphatic hydroxyl groups is 2. The van der Waals surface area contributed by atoms with E-state index in [0.717, 1.165) is 64.2 Å². The van der Waals surface area contributed by atoms with Crippen molar-refractivity contribution in [1.29, 1.82) is 0 Å². The molecule has 3 N–H and O–H groups in total. The molecule has 0 aromatic heterocycles. The average molecular weight is 776 g/mol. The highest BCUT2D eigenvalue weighted by atomic mass is 16.5. The van der Waals surface area contributed by atoms with Crippen molar-refractivity contribution in [2.24, 2.45) is 0 Å². The number of unbranched alkanes of at least 4 members (excludes halogenated alkanes) is 27. The highest BCUT2D eigenvalue weighted by Gasteiger charge is 2.24. The molecular weight excluding hydrogens is 683 g/mol. The van der Waals surface area contributed by atoms with Crippen LogP contribution in [-0.2, 0) is 14.3 Å². The van der Waals surface area contributed by atoms with Gasteiger partial charge in [0.1, 0.15) is 6.10 Å². The lowest BCUT2D eigenvalue weighted by atomic mass is 10.0. The molecule has 0 aromatic rings. The van der Waals surface area contributed by atoms with Gasteiger partial charge in [-0.05, 0) is 70.6 Å². The van der Waals surface area contributed by atoms with E-state index in [1.54, 1.807) is 0 Å². The van der Waals surface area contributed by atoms with Gasteiger partial charge in [0, 0.05) is 6.42 Å². The van der Waals surface area contributed by atoms with Crippen molar-refractivity contribution >= 4 is 11.9 Å². The van der Waals surface area contributed by atoms with E-state index in [4.69, 9.17) is 4.74 Å². The number of carbonyl (C=O) groups excluding carboxylic acids is 2. The van der Waals surface area contributed by atoms with Crippen molar-refractivity contribution < 1.29 is 24.5 Å². The fourth-order valence-corrected chi connectivity index (χ4v) is 7.31. The average Bonchev–Trinajstić information content (AvgIpc) is 3.18. The number of carbonyl (C=O) groups is 2. The summed E-state index contributed by atoms with van der Waals surface area (Å²) in [5.41, 5.74) is 0. The summed E-state index contributed by atoms with van der Waals surface area (Å²) < 4.78 is 5.89. The third kappa shape index (κ3) is 39.0. The lowest BCUT2D eigenvalue weighted by Gasteiger charge is -2.24. The number of rotatable bonds is 43. The van der Waals surface area contributed by atoms with Crippen LogP contribution in [0.25, 0.3) is 0 Å². The van der Waals surface area contributed by atoms with Gasteiger partial charge in [0.05, 0.1) is 25.2 Å². The van der Waals surface area contributed by atoms with Crippen LogP contribution in [-0.4, -0.2) is 46.9 Å². The summed E-state index contributed by atoms with van der Waals surface area (Å²) in [4.78, 5) is 26.0. The van der Waals surface area contributed by atoms with Crippen LogP contribution < -0.4 is 5.32 Å². The maximum atomic E-state index is 13.1. The maximum absolute atomic E-state index is 13.1. The van der Waals surface area contributed by atoms with Gasteiger partial charge in [-0.25, -0.2) is 0 Å². The second-order valence-corrected chi connectivity index (χ2v) is 16.5. The van der Waals surface area contributed by atoms with Crippen LogP contribution >= 0.6 is 0 Å². The van der Waals surface area contributed by atoms with Crippen LogP contribution in [0.1, 0.15) is 252 Å². The van der Waals surface area contributed by atoms with Crippen LogP contribution in [0.5, 0.6) is 0 Å². The van der Waals surface area contributed by atoms with Crippen molar-refractivity contribution in [1.82, 2.24) is 5.32 Å². The normalized spacial score (nSPS) is 13.5.